The van der Waals surface area contributed by atoms with Crippen molar-refractivity contribution in [2.45, 2.75) is 39.7 Å². The van der Waals surface area contributed by atoms with Gasteiger partial charge in [-0.15, -0.1) is 10.2 Å². The van der Waals surface area contributed by atoms with Crippen molar-refractivity contribution >= 4 is 40.8 Å². The third-order valence-corrected chi connectivity index (χ3v) is 5.22. The van der Waals surface area contributed by atoms with Crippen molar-refractivity contribution in [1.82, 2.24) is 15.5 Å². The first kappa shape index (κ1) is 12.2. The number of hydrogen-bond acceptors (Lipinski definition) is 6. The van der Waals surface area contributed by atoms with Crippen LogP contribution < -0.4 is 5.32 Å². The van der Waals surface area contributed by atoms with Crippen LogP contribution in [-0.4, -0.2) is 33.7 Å². The molecule has 1 amide bonds. The first-order valence-electron chi connectivity index (χ1n) is 5.03. The molecule has 0 radical (unpaired) electrons. The van der Waals surface area contributed by atoms with Crippen molar-refractivity contribution in [2.75, 3.05) is 6.26 Å². The Balaban J connectivity index is 1.84. The van der Waals surface area contributed by atoms with Crippen LogP contribution in [0.5, 0.6) is 0 Å². The smallest absolute Gasteiger partial charge is 0.233 e. The van der Waals surface area contributed by atoms with Crippen LogP contribution in [0, 0.1) is 0 Å². The number of carbonyl (C=O) groups is 1. The number of hydrogen-bond donors (Lipinski definition) is 1. The van der Waals surface area contributed by atoms with Crippen molar-refractivity contribution < 1.29 is 4.79 Å². The Morgan fingerprint density at radius 1 is 1.50 bits per heavy atom. The van der Waals surface area contributed by atoms with Gasteiger partial charge >= 0.3 is 0 Å². The zero-order valence-electron chi connectivity index (χ0n) is 9.10. The van der Waals surface area contributed by atoms with Gasteiger partial charge in [-0.05, 0) is 26.0 Å². The van der Waals surface area contributed by atoms with E-state index in [4.69, 9.17) is 0 Å². The van der Waals surface area contributed by atoms with Crippen LogP contribution in [0.15, 0.2) is 8.68 Å². The van der Waals surface area contributed by atoms with Crippen LogP contribution in [0.4, 0.5) is 0 Å². The summed E-state index contributed by atoms with van der Waals surface area (Å²) in [5.41, 5.74) is 0. The Morgan fingerprint density at radius 3 is 2.75 bits per heavy atom. The summed E-state index contributed by atoms with van der Waals surface area (Å²) in [5, 5.41) is 10.9. The SMILES string of the molecule is CSc1nnc(S[C@@H](C)C(=O)NC2CC2)s1. The van der Waals surface area contributed by atoms with Gasteiger partial charge in [-0.1, -0.05) is 34.9 Å². The van der Waals surface area contributed by atoms with E-state index in [1.807, 2.05) is 13.2 Å². The number of carbonyl (C=O) groups excluding carboxylic acids is 1. The summed E-state index contributed by atoms with van der Waals surface area (Å²) in [6.45, 7) is 1.91. The van der Waals surface area contributed by atoms with E-state index in [2.05, 4.69) is 15.5 Å². The molecule has 16 heavy (non-hydrogen) atoms. The van der Waals surface area contributed by atoms with E-state index in [1.54, 1.807) is 11.8 Å². The molecule has 0 unspecified atom stereocenters. The van der Waals surface area contributed by atoms with Gasteiger partial charge in [0.15, 0.2) is 8.68 Å². The van der Waals surface area contributed by atoms with Crippen molar-refractivity contribution in [3.8, 4) is 0 Å². The highest BCUT2D eigenvalue weighted by Crippen LogP contribution is 2.30. The fourth-order valence-corrected chi connectivity index (χ4v) is 3.67. The maximum absolute atomic E-state index is 11.7. The van der Waals surface area contributed by atoms with Crippen molar-refractivity contribution in [3.05, 3.63) is 0 Å². The summed E-state index contributed by atoms with van der Waals surface area (Å²) in [6, 6.07) is 0.423. The Kier molecular flexibility index (Phi) is 4.10. The second-order valence-corrected chi connectivity index (χ2v) is 7.20. The molecule has 0 spiro atoms. The number of thioether (sulfide) groups is 2. The van der Waals surface area contributed by atoms with Gasteiger partial charge in [0, 0.05) is 6.04 Å². The molecule has 88 valence electrons. The second-order valence-electron chi connectivity index (χ2n) is 3.58. The summed E-state index contributed by atoms with van der Waals surface area (Å²) < 4.78 is 1.81. The van der Waals surface area contributed by atoms with Gasteiger partial charge in [-0.25, -0.2) is 0 Å². The van der Waals surface area contributed by atoms with Gasteiger partial charge < -0.3 is 5.32 Å². The molecule has 0 aliphatic heterocycles. The fraction of sp³-hybridized carbons (Fsp3) is 0.667. The van der Waals surface area contributed by atoms with Crippen molar-refractivity contribution in [3.63, 3.8) is 0 Å². The van der Waals surface area contributed by atoms with Gasteiger partial charge in [0.25, 0.3) is 0 Å². The molecule has 1 atom stereocenters. The van der Waals surface area contributed by atoms with E-state index in [9.17, 15) is 4.79 Å². The standard InChI is InChI=1S/C9H13N3OS3/c1-5(7(13)10-6-3-4-6)15-9-12-11-8(14-2)16-9/h5-6H,3-4H2,1-2H3,(H,10,13)/t5-/m0/s1. The van der Waals surface area contributed by atoms with Crippen molar-refractivity contribution in [1.29, 1.82) is 0 Å². The summed E-state index contributed by atoms with van der Waals surface area (Å²) in [5.74, 6) is 0.105. The van der Waals surface area contributed by atoms with Crippen LogP contribution in [0.25, 0.3) is 0 Å². The molecule has 0 aromatic carbocycles. The molecule has 1 aliphatic carbocycles. The molecule has 1 fully saturated rings. The van der Waals surface area contributed by atoms with Gasteiger partial charge in [0.2, 0.25) is 5.91 Å². The fourth-order valence-electron chi connectivity index (χ4n) is 1.08. The van der Waals surface area contributed by atoms with Gasteiger partial charge in [0.05, 0.1) is 5.25 Å². The second kappa shape index (κ2) is 5.37. The molecule has 4 nitrogen and oxygen atoms in total. The van der Waals surface area contributed by atoms with Crippen LogP contribution in [-0.2, 0) is 4.79 Å². The highest BCUT2D eigenvalue weighted by Gasteiger charge is 2.26. The van der Waals surface area contributed by atoms with E-state index < -0.39 is 0 Å². The predicted octanol–water partition coefficient (Wildman–Crippen LogP) is 2.02. The molecular weight excluding hydrogens is 262 g/mol. The molecule has 1 heterocycles. The van der Waals surface area contributed by atoms with Crippen LogP contribution in [0.3, 0.4) is 0 Å². The summed E-state index contributed by atoms with van der Waals surface area (Å²) >= 11 is 4.59. The third kappa shape index (κ3) is 3.36. The highest BCUT2D eigenvalue weighted by molar-refractivity contribution is 8.03. The zero-order valence-corrected chi connectivity index (χ0v) is 11.5. The lowest BCUT2D eigenvalue weighted by Crippen LogP contribution is -2.32. The first-order valence-corrected chi connectivity index (χ1v) is 7.95. The predicted molar refractivity (Wildman–Crippen MR) is 68.2 cm³/mol. The maximum Gasteiger partial charge on any atom is 0.233 e. The van der Waals surface area contributed by atoms with E-state index in [-0.39, 0.29) is 11.2 Å². The Hall–Kier alpha value is -0.270. The summed E-state index contributed by atoms with van der Waals surface area (Å²) in [6.07, 6.45) is 4.22. The first-order chi connectivity index (χ1) is 7.69. The van der Waals surface area contributed by atoms with Crippen LogP contribution >= 0.6 is 34.9 Å². The topological polar surface area (TPSA) is 54.9 Å². The minimum absolute atomic E-state index is 0.0942. The van der Waals surface area contributed by atoms with Gasteiger partial charge in [-0.2, -0.15) is 0 Å². The molecule has 2 rings (SSSR count). The molecule has 7 heteroatoms. The number of amides is 1. The van der Waals surface area contributed by atoms with E-state index in [1.165, 1.54) is 23.1 Å². The lowest BCUT2D eigenvalue weighted by molar-refractivity contribution is -0.120. The molecular formula is C9H13N3OS3. The average molecular weight is 275 g/mol. The lowest BCUT2D eigenvalue weighted by Gasteiger charge is -2.08. The Bertz CT molecular complexity index is 378. The van der Waals surface area contributed by atoms with E-state index in [0.717, 1.165) is 21.5 Å². The number of nitrogens with zero attached hydrogens (tertiary/aromatic N) is 2. The number of rotatable bonds is 5. The molecule has 1 N–H and O–H groups in total. The monoisotopic (exact) mass is 275 g/mol. The molecule has 0 bridgehead atoms. The molecule has 1 aromatic rings. The Morgan fingerprint density at radius 2 is 2.19 bits per heavy atom. The summed E-state index contributed by atoms with van der Waals surface area (Å²) in [4.78, 5) is 11.7. The molecule has 1 aliphatic rings. The zero-order chi connectivity index (χ0) is 11.5. The minimum atomic E-state index is -0.0942. The largest absolute Gasteiger partial charge is 0.352 e. The lowest BCUT2D eigenvalue weighted by atomic mass is 10.4. The minimum Gasteiger partial charge on any atom is -0.352 e. The molecule has 1 aromatic heterocycles. The van der Waals surface area contributed by atoms with E-state index >= 15 is 0 Å². The molecule has 0 saturated heterocycles. The van der Waals surface area contributed by atoms with Crippen molar-refractivity contribution in [2.24, 2.45) is 0 Å². The quantitative estimate of drug-likeness (QED) is 0.833. The van der Waals surface area contributed by atoms with Gasteiger partial charge in [-0.3, -0.25) is 4.79 Å². The highest BCUT2D eigenvalue weighted by atomic mass is 32.2. The average Bonchev–Trinajstić information content (AvgIpc) is 2.96. The summed E-state index contributed by atoms with van der Waals surface area (Å²) in [7, 11) is 0. The third-order valence-electron chi connectivity index (χ3n) is 2.13. The van der Waals surface area contributed by atoms with Crippen LogP contribution in [0.1, 0.15) is 19.8 Å². The van der Waals surface area contributed by atoms with Crippen LogP contribution in [0.2, 0.25) is 0 Å². The molecule has 1 saturated carbocycles. The number of nitrogens with one attached hydrogen (secondary N) is 1. The van der Waals surface area contributed by atoms with E-state index in [0.29, 0.717) is 6.04 Å². The number of aromatic nitrogens is 2. The Labute approximate surface area is 107 Å². The normalized spacial score (nSPS) is 17.1. The maximum atomic E-state index is 11.7. The van der Waals surface area contributed by atoms with Gasteiger partial charge in [0.1, 0.15) is 0 Å².